The van der Waals surface area contributed by atoms with Crippen molar-refractivity contribution in [3.8, 4) is 11.8 Å². The Morgan fingerprint density at radius 3 is 1.92 bits per heavy atom. The van der Waals surface area contributed by atoms with Crippen molar-refractivity contribution in [3.05, 3.63) is 84.4 Å². The predicted molar refractivity (Wildman–Crippen MR) is 103 cm³/mol. The van der Waals surface area contributed by atoms with Crippen LogP contribution in [0.4, 0.5) is 0 Å². The SMILES string of the molecule is C=CCC(CC#CC(C)=O)(OCc1ccccc1)OCc1ccccc1. The molecule has 3 heteroatoms. The fourth-order valence-electron chi connectivity index (χ4n) is 2.44. The summed E-state index contributed by atoms with van der Waals surface area (Å²) in [4.78, 5) is 11.2. The summed E-state index contributed by atoms with van der Waals surface area (Å²) in [6.07, 6.45) is 2.52. The van der Waals surface area contributed by atoms with Crippen LogP contribution in [0.15, 0.2) is 73.3 Å². The Labute approximate surface area is 155 Å². The van der Waals surface area contributed by atoms with Gasteiger partial charge in [0.25, 0.3) is 0 Å². The van der Waals surface area contributed by atoms with E-state index in [1.165, 1.54) is 6.92 Å². The van der Waals surface area contributed by atoms with Crippen molar-refractivity contribution in [2.45, 2.75) is 38.8 Å². The Kier molecular flexibility index (Phi) is 7.82. The van der Waals surface area contributed by atoms with E-state index in [0.717, 1.165) is 11.1 Å². The standard InChI is InChI=1S/C23H24O3/c1-3-16-23(17-10-11-20(2)24,25-18-21-12-6-4-7-13-21)26-19-22-14-8-5-9-15-22/h3-9,12-15H,1,16-19H2,2H3. The molecule has 0 aliphatic heterocycles. The van der Waals surface area contributed by atoms with E-state index in [-0.39, 0.29) is 12.2 Å². The lowest BCUT2D eigenvalue weighted by Crippen LogP contribution is -2.35. The van der Waals surface area contributed by atoms with E-state index in [4.69, 9.17) is 9.47 Å². The summed E-state index contributed by atoms with van der Waals surface area (Å²) in [7, 11) is 0. The van der Waals surface area contributed by atoms with Crippen molar-refractivity contribution in [1.82, 2.24) is 0 Å². The minimum absolute atomic E-state index is 0.177. The summed E-state index contributed by atoms with van der Waals surface area (Å²) in [6.45, 7) is 6.05. The number of Topliss-reactive ketones (excluding diaryl/α,β-unsaturated/α-hetero) is 1. The van der Waals surface area contributed by atoms with Gasteiger partial charge in [-0.25, -0.2) is 0 Å². The van der Waals surface area contributed by atoms with Gasteiger partial charge in [0.1, 0.15) is 0 Å². The zero-order valence-electron chi connectivity index (χ0n) is 15.1. The summed E-state index contributed by atoms with van der Waals surface area (Å²) >= 11 is 0. The Hall–Kier alpha value is -2.67. The number of carbonyl (C=O) groups is 1. The fraction of sp³-hybridized carbons (Fsp3) is 0.261. The monoisotopic (exact) mass is 348 g/mol. The first-order valence-electron chi connectivity index (χ1n) is 8.60. The van der Waals surface area contributed by atoms with Gasteiger partial charge in [-0.3, -0.25) is 4.79 Å². The van der Waals surface area contributed by atoms with Gasteiger partial charge in [-0.15, -0.1) is 6.58 Å². The molecule has 0 amide bonds. The van der Waals surface area contributed by atoms with Crippen LogP contribution in [0.3, 0.4) is 0 Å². The lowest BCUT2D eigenvalue weighted by Gasteiger charge is -2.31. The first-order chi connectivity index (χ1) is 12.6. The molecule has 0 heterocycles. The Morgan fingerprint density at radius 1 is 1.00 bits per heavy atom. The zero-order chi connectivity index (χ0) is 18.7. The van der Waals surface area contributed by atoms with Crippen molar-refractivity contribution in [1.29, 1.82) is 0 Å². The second-order valence-corrected chi connectivity index (χ2v) is 5.99. The summed E-state index contributed by atoms with van der Waals surface area (Å²) in [6, 6.07) is 19.8. The van der Waals surface area contributed by atoms with Crippen LogP contribution < -0.4 is 0 Å². The van der Waals surface area contributed by atoms with Gasteiger partial charge in [0.15, 0.2) is 5.79 Å². The molecular formula is C23H24O3. The molecule has 134 valence electrons. The van der Waals surface area contributed by atoms with E-state index in [0.29, 0.717) is 19.6 Å². The van der Waals surface area contributed by atoms with Crippen molar-refractivity contribution in [2.24, 2.45) is 0 Å². The molecule has 0 atom stereocenters. The van der Waals surface area contributed by atoms with Crippen LogP contribution in [-0.4, -0.2) is 11.6 Å². The maximum Gasteiger partial charge on any atom is 0.202 e. The maximum absolute atomic E-state index is 11.2. The molecule has 0 aromatic heterocycles. The third kappa shape index (κ3) is 6.68. The minimum Gasteiger partial charge on any atom is -0.344 e. The Balaban J connectivity index is 2.16. The molecule has 0 N–H and O–H groups in total. The van der Waals surface area contributed by atoms with Gasteiger partial charge in [-0.1, -0.05) is 72.7 Å². The smallest absolute Gasteiger partial charge is 0.202 e. The van der Waals surface area contributed by atoms with Crippen molar-refractivity contribution >= 4 is 5.78 Å². The number of benzene rings is 2. The third-order valence-corrected chi connectivity index (χ3v) is 3.77. The average Bonchev–Trinajstić information content (AvgIpc) is 2.66. The molecule has 2 aromatic rings. The third-order valence-electron chi connectivity index (χ3n) is 3.77. The molecule has 0 aliphatic carbocycles. The molecule has 0 unspecified atom stereocenters. The van der Waals surface area contributed by atoms with E-state index >= 15 is 0 Å². The van der Waals surface area contributed by atoms with E-state index < -0.39 is 5.79 Å². The highest BCUT2D eigenvalue weighted by Crippen LogP contribution is 2.26. The predicted octanol–water partition coefficient (Wildman–Crippen LogP) is 4.67. The van der Waals surface area contributed by atoms with Crippen LogP contribution in [0.25, 0.3) is 0 Å². The summed E-state index contributed by atoms with van der Waals surface area (Å²) in [5.41, 5.74) is 2.09. The van der Waals surface area contributed by atoms with Gasteiger partial charge < -0.3 is 9.47 Å². The van der Waals surface area contributed by atoms with Gasteiger partial charge >= 0.3 is 0 Å². The average molecular weight is 348 g/mol. The molecule has 3 nitrogen and oxygen atoms in total. The minimum atomic E-state index is -0.949. The van der Waals surface area contributed by atoms with Crippen LogP contribution in [0.2, 0.25) is 0 Å². The molecule has 2 aromatic carbocycles. The molecule has 0 saturated carbocycles. The highest BCUT2D eigenvalue weighted by Gasteiger charge is 2.30. The van der Waals surface area contributed by atoms with E-state index in [2.05, 4.69) is 18.4 Å². The van der Waals surface area contributed by atoms with Crippen LogP contribution in [-0.2, 0) is 27.5 Å². The van der Waals surface area contributed by atoms with Crippen molar-refractivity contribution < 1.29 is 14.3 Å². The lowest BCUT2D eigenvalue weighted by molar-refractivity contribution is -0.245. The number of ether oxygens (including phenoxy) is 2. The quantitative estimate of drug-likeness (QED) is 0.286. The molecule has 0 fully saturated rings. The fourth-order valence-corrected chi connectivity index (χ4v) is 2.44. The normalized spacial score (nSPS) is 10.7. The summed E-state index contributed by atoms with van der Waals surface area (Å²) in [5.74, 6) is 4.33. The number of carbonyl (C=O) groups excluding carboxylic acids is 1. The lowest BCUT2D eigenvalue weighted by atomic mass is 10.1. The highest BCUT2D eigenvalue weighted by molar-refractivity contribution is 5.93. The number of rotatable bonds is 9. The van der Waals surface area contributed by atoms with Crippen molar-refractivity contribution in [3.63, 3.8) is 0 Å². The topological polar surface area (TPSA) is 35.5 Å². The molecule has 0 bridgehead atoms. The Bertz CT molecular complexity index is 711. The van der Waals surface area contributed by atoms with Crippen LogP contribution >= 0.6 is 0 Å². The maximum atomic E-state index is 11.2. The van der Waals surface area contributed by atoms with Gasteiger partial charge in [0.2, 0.25) is 5.78 Å². The van der Waals surface area contributed by atoms with Crippen molar-refractivity contribution in [2.75, 3.05) is 0 Å². The molecule has 0 radical (unpaired) electrons. The van der Waals surface area contributed by atoms with Crippen LogP contribution in [0.1, 0.15) is 30.9 Å². The Morgan fingerprint density at radius 2 is 1.50 bits per heavy atom. The molecule has 26 heavy (non-hydrogen) atoms. The second-order valence-electron chi connectivity index (χ2n) is 5.99. The van der Waals surface area contributed by atoms with Gasteiger partial charge in [0, 0.05) is 13.3 Å². The number of ketones is 1. The molecule has 0 aliphatic rings. The van der Waals surface area contributed by atoms with Gasteiger partial charge in [-0.05, 0) is 17.0 Å². The first-order valence-corrected chi connectivity index (χ1v) is 8.60. The van der Waals surface area contributed by atoms with E-state index in [1.54, 1.807) is 6.08 Å². The highest BCUT2D eigenvalue weighted by atomic mass is 16.7. The van der Waals surface area contributed by atoms with E-state index in [9.17, 15) is 4.79 Å². The van der Waals surface area contributed by atoms with Gasteiger partial charge in [0.05, 0.1) is 19.6 Å². The zero-order valence-corrected chi connectivity index (χ0v) is 15.1. The summed E-state index contributed by atoms with van der Waals surface area (Å²) < 4.78 is 12.3. The molecular weight excluding hydrogens is 324 g/mol. The number of hydrogen-bond acceptors (Lipinski definition) is 3. The van der Waals surface area contributed by atoms with Crippen LogP contribution in [0.5, 0.6) is 0 Å². The summed E-state index contributed by atoms with van der Waals surface area (Å²) in [5, 5.41) is 0. The largest absolute Gasteiger partial charge is 0.344 e. The first kappa shape index (κ1) is 19.7. The van der Waals surface area contributed by atoms with Crippen LogP contribution in [0, 0.1) is 11.8 Å². The molecule has 0 saturated heterocycles. The van der Waals surface area contributed by atoms with E-state index in [1.807, 2.05) is 60.7 Å². The molecule has 0 spiro atoms. The molecule has 2 rings (SSSR count). The number of hydrogen-bond donors (Lipinski definition) is 0. The van der Waals surface area contributed by atoms with Gasteiger partial charge in [-0.2, -0.15) is 0 Å². The second kappa shape index (κ2) is 10.4.